The molecule has 0 spiro atoms. The number of hydrogen-bond donors (Lipinski definition) is 1. The molecule has 1 rings (SSSR count). The summed E-state index contributed by atoms with van der Waals surface area (Å²) in [6.45, 7) is 1.07. The molecule has 5 nitrogen and oxygen atoms in total. The van der Waals surface area contributed by atoms with Crippen LogP contribution in [0.5, 0.6) is 5.75 Å². The summed E-state index contributed by atoms with van der Waals surface area (Å²) in [5, 5.41) is 13.6. The Morgan fingerprint density at radius 2 is 2.33 bits per heavy atom. The highest BCUT2D eigenvalue weighted by molar-refractivity contribution is 14.1. The third-order valence-corrected chi connectivity index (χ3v) is 2.40. The molecule has 0 aromatic heterocycles. The van der Waals surface area contributed by atoms with Crippen LogP contribution in [0.2, 0.25) is 0 Å². The van der Waals surface area contributed by atoms with Crippen molar-refractivity contribution >= 4 is 28.3 Å². The van der Waals surface area contributed by atoms with Gasteiger partial charge in [0.05, 0.1) is 4.92 Å². The normalized spacial score (nSPS) is 10.0. The monoisotopic (exact) mass is 322 g/mol. The van der Waals surface area contributed by atoms with Gasteiger partial charge in [0.15, 0.2) is 5.75 Å². The minimum atomic E-state index is -0.434. The molecule has 15 heavy (non-hydrogen) atoms. The summed E-state index contributed by atoms with van der Waals surface area (Å²) in [5.74, 6) is 0.315. The lowest BCUT2D eigenvalue weighted by atomic mass is 10.3. The molecule has 0 radical (unpaired) electrons. The summed E-state index contributed by atoms with van der Waals surface area (Å²) < 4.78 is 6.11. The molecule has 82 valence electrons. The van der Waals surface area contributed by atoms with E-state index in [4.69, 9.17) is 4.74 Å². The van der Waals surface area contributed by atoms with Gasteiger partial charge in [-0.3, -0.25) is 10.1 Å². The predicted molar refractivity (Wildman–Crippen MR) is 65.2 cm³/mol. The van der Waals surface area contributed by atoms with E-state index in [0.717, 1.165) is 3.57 Å². The zero-order valence-electron chi connectivity index (χ0n) is 8.20. The molecule has 0 atom stereocenters. The predicted octanol–water partition coefficient (Wildman–Crippen LogP) is 1.80. The molecule has 0 aliphatic carbocycles. The molecular weight excluding hydrogens is 311 g/mol. The van der Waals surface area contributed by atoms with Crippen LogP contribution in [0.25, 0.3) is 0 Å². The van der Waals surface area contributed by atoms with Gasteiger partial charge in [0.1, 0.15) is 6.61 Å². The van der Waals surface area contributed by atoms with Crippen molar-refractivity contribution in [3.63, 3.8) is 0 Å². The van der Waals surface area contributed by atoms with Crippen LogP contribution in [-0.2, 0) is 0 Å². The first-order valence-electron chi connectivity index (χ1n) is 4.36. The SMILES string of the molecule is CNCCOc1ccc(I)cc1[N+](=O)[O-]. The molecule has 0 bridgehead atoms. The van der Waals surface area contributed by atoms with E-state index in [-0.39, 0.29) is 5.69 Å². The van der Waals surface area contributed by atoms with E-state index in [9.17, 15) is 10.1 Å². The van der Waals surface area contributed by atoms with Gasteiger partial charge in [0, 0.05) is 16.2 Å². The van der Waals surface area contributed by atoms with E-state index >= 15 is 0 Å². The Bertz CT molecular complexity index is 357. The van der Waals surface area contributed by atoms with Gasteiger partial charge in [-0.1, -0.05) is 0 Å². The van der Waals surface area contributed by atoms with E-state index in [1.54, 1.807) is 19.2 Å². The van der Waals surface area contributed by atoms with Crippen molar-refractivity contribution in [2.45, 2.75) is 0 Å². The number of likely N-dealkylation sites (N-methyl/N-ethyl adjacent to an activating group) is 1. The average Bonchev–Trinajstić information content (AvgIpc) is 2.20. The first-order chi connectivity index (χ1) is 7.15. The second-order valence-corrected chi connectivity index (χ2v) is 4.07. The van der Waals surface area contributed by atoms with Crippen LogP contribution in [-0.4, -0.2) is 25.1 Å². The first kappa shape index (κ1) is 12.2. The summed E-state index contributed by atoms with van der Waals surface area (Å²) >= 11 is 2.03. The van der Waals surface area contributed by atoms with Gasteiger partial charge in [-0.2, -0.15) is 0 Å². The number of hydrogen-bond acceptors (Lipinski definition) is 4. The van der Waals surface area contributed by atoms with E-state index in [1.807, 2.05) is 22.6 Å². The molecule has 1 N–H and O–H groups in total. The lowest BCUT2D eigenvalue weighted by Crippen LogP contribution is -2.16. The Hall–Kier alpha value is -0.890. The lowest BCUT2D eigenvalue weighted by molar-refractivity contribution is -0.385. The molecule has 0 heterocycles. The maximum atomic E-state index is 10.7. The number of nitro groups is 1. The third-order valence-electron chi connectivity index (χ3n) is 1.73. The van der Waals surface area contributed by atoms with Crippen molar-refractivity contribution < 1.29 is 9.66 Å². The van der Waals surface area contributed by atoms with E-state index in [2.05, 4.69) is 5.32 Å². The number of rotatable bonds is 5. The summed E-state index contributed by atoms with van der Waals surface area (Å²) in [6.07, 6.45) is 0. The van der Waals surface area contributed by atoms with Crippen LogP contribution in [0, 0.1) is 13.7 Å². The fraction of sp³-hybridized carbons (Fsp3) is 0.333. The molecule has 0 amide bonds. The number of ether oxygens (including phenoxy) is 1. The van der Waals surface area contributed by atoms with Gasteiger partial charge >= 0.3 is 5.69 Å². The largest absolute Gasteiger partial charge is 0.485 e. The minimum Gasteiger partial charge on any atom is -0.485 e. The van der Waals surface area contributed by atoms with Gasteiger partial charge in [-0.05, 0) is 41.8 Å². The van der Waals surface area contributed by atoms with Crippen LogP contribution >= 0.6 is 22.6 Å². The van der Waals surface area contributed by atoms with Crippen molar-refractivity contribution in [1.82, 2.24) is 5.32 Å². The fourth-order valence-electron chi connectivity index (χ4n) is 1.02. The van der Waals surface area contributed by atoms with E-state index in [0.29, 0.717) is 18.9 Å². The number of nitrogens with one attached hydrogen (secondary N) is 1. The Morgan fingerprint density at radius 1 is 1.60 bits per heavy atom. The maximum absolute atomic E-state index is 10.7. The molecule has 0 unspecified atom stereocenters. The Morgan fingerprint density at radius 3 is 2.93 bits per heavy atom. The van der Waals surface area contributed by atoms with Gasteiger partial charge in [0.25, 0.3) is 0 Å². The summed E-state index contributed by atoms with van der Waals surface area (Å²) in [7, 11) is 1.80. The third kappa shape index (κ3) is 3.63. The van der Waals surface area contributed by atoms with Crippen molar-refractivity contribution in [2.24, 2.45) is 0 Å². The van der Waals surface area contributed by atoms with Crippen molar-refractivity contribution in [2.75, 3.05) is 20.2 Å². The molecule has 0 aliphatic heterocycles. The number of benzene rings is 1. The minimum absolute atomic E-state index is 0.0120. The van der Waals surface area contributed by atoms with Crippen LogP contribution < -0.4 is 10.1 Å². The lowest BCUT2D eigenvalue weighted by Gasteiger charge is -2.06. The quantitative estimate of drug-likeness (QED) is 0.389. The Balaban J connectivity index is 2.81. The Labute approximate surface area is 101 Å². The fourth-order valence-corrected chi connectivity index (χ4v) is 1.49. The highest BCUT2D eigenvalue weighted by Crippen LogP contribution is 2.28. The molecule has 0 fully saturated rings. The van der Waals surface area contributed by atoms with Crippen molar-refractivity contribution in [1.29, 1.82) is 0 Å². The van der Waals surface area contributed by atoms with Gasteiger partial charge < -0.3 is 10.1 Å². The topological polar surface area (TPSA) is 64.4 Å². The van der Waals surface area contributed by atoms with Crippen molar-refractivity contribution in [3.8, 4) is 5.75 Å². The number of nitrogens with zero attached hydrogens (tertiary/aromatic N) is 1. The number of nitro benzene ring substituents is 1. The summed E-state index contributed by atoms with van der Waals surface area (Å²) in [5.41, 5.74) is 0.0120. The van der Waals surface area contributed by atoms with Gasteiger partial charge in [-0.25, -0.2) is 0 Å². The molecule has 0 saturated heterocycles. The van der Waals surface area contributed by atoms with Gasteiger partial charge in [-0.15, -0.1) is 0 Å². The average molecular weight is 322 g/mol. The van der Waals surface area contributed by atoms with Crippen LogP contribution in [0.4, 0.5) is 5.69 Å². The molecule has 0 saturated carbocycles. The molecule has 1 aromatic carbocycles. The first-order valence-corrected chi connectivity index (χ1v) is 5.44. The zero-order valence-corrected chi connectivity index (χ0v) is 10.4. The second kappa shape index (κ2) is 5.86. The molecular formula is C9H11IN2O3. The highest BCUT2D eigenvalue weighted by atomic mass is 127. The molecule has 6 heteroatoms. The smallest absolute Gasteiger partial charge is 0.311 e. The van der Waals surface area contributed by atoms with Crippen LogP contribution in [0.3, 0.4) is 0 Å². The number of halogens is 1. The zero-order chi connectivity index (χ0) is 11.3. The summed E-state index contributed by atoms with van der Waals surface area (Å²) in [4.78, 5) is 10.3. The molecule has 1 aromatic rings. The van der Waals surface area contributed by atoms with E-state index < -0.39 is 4.92 Å². The second-order valence-electron chi connectivity index (χ2n) is 2.82. The van der Waals surface area contributed by atoms with Crippen LogP contribution in [0.1, 0.15) is 0 Å². The summed E-state index contributed by atoms with van der Waals surface area (Å²) in [6, 6.07) is 4.90. The van der Waals surface area contributed by atoms with Crippen LogP contribution in [0.15, 0.2) is 18.2 Å². The highest BCUT2D eigenvalue weighted by Gasteiger charge is 2.14. The maximum Gasteiger partial charge on any atom is 0.311 e. The van der Waals surface area contributed by atoms with Gasteiger partial charge in [0.2, 0.25) is 0 Å². The van der Waals surface area contributed by atoms with E-state index in [1.165, 1.54) is 6.07 Å². The standard InChI is InChI=1S/C9H11IN2O3/c1-11-4-5-15-9-3-2-7(10)6-8(9)12(13)14/h2-3,6,11H,4-5H2,1H3. The Kier molecular flexibility index (Phi) is 4.76. The molecule has 0 aliphatic rings. The van der Waals surface area contributed by atoms with Crippen molar-refractivity contribution in [3.05, 3.63) is 31.9 Å².